The van der Waals surface area contributed by atoms with Crippen LogP contribution in [0, 0.1) is 0 Å². The molecule has 4 fully saturated rings. The van der Waals surface area contributed by atoms with E-state index < -0.39 is 0 Å². The maximum Gasteiger partial charge on any atom is 0.259 e. The number of hydrogen-bond donors (Lipinski definition) is 1. The Morgan fingerprint density at radius 1 is 1.23 bits per heavy atom. The van der Waals surface area contributed by atoms with Crippen LogP contribution < -0.4 is 14.8 Å². The standard InChI is InChI=1S/C23H24N4O4/c1-22-11-23(12-22,13-30-22)18-10-27-9-16(20(26-21(27)25-18)31-14-7-8-14)24-19(28)15-5-3-4-6-17(15)29-2/h3-6,9-10,14H,7-8,11-13H2,1-2H3,(H,24,28). The molecule has 0 radical (unpaired) electrons. The van der Waals surface area contributed by atoms with Crippen molar-refractivity contribution in [3.05, 3.63) is 47.9 Å². The Morgan fingerprint density at radius 3 is 2.74 bits per heavy atom. The zero-order valence-corrected chi connectivity index (χ0v) is 17.6. The van der Waals surface area contributed by atoms with Gasteiger partial charge >= 0.3 is 0 Å². The Kier molecular flexibility index (Phi) is 3.87. The van der Waals surface area contributed by atoms with Crippen molar-refractivity contribution in [2.24, 2.45) is 0 Å². The first-order chi connectivity index (χ1) is 15.0. The van der Waals surface area contributed by atoms with E-state index in [-0.39, 0.29) is 23.0 Å². The first kappa shape index (κ1) is 18.6. The number of imidazole rings is 1. The molecule has 31 heavy (non-hydrogen) atoms. The lowest BCUT2D eigenvalue weighted by Crippen LogP contribution is -2.45. The molecule has 1 aromatic carbocycles. The molecule has 8 heteroatoms. The number of amides is 1. The van der Waals surface area contributed by atoms with Crippen LogP contribution in [-0.4, -0.2) is 45.7 Å². The topological polar surface area (TPSA) is 87.0 Å². The minimum atomic E-state index is -0.280. The number of fused-ring (bicyclic) bond motifs is 2. The number of benzene rings is 1. The summed E-state index contributed by atoms with van der Waals surface area (Å²) in [5.74, 6) is 1.19. The van der Waals surface area contributed by atoms with Gasteiger partial charge in [-0.2, -0.15) is 4.98 Å². The van der Waals surface area contributed by atoms with E-state index in [0.29, 0.717) is 35.3 Å². The molecule has 2 bridgehead atoms. The summed E-state index contributed by atoms with van der Waals surface area (Å²) in [6, 6.07) is 7.12. The van der Waals surface area contributed by atoms with Crippen LogP contribution in [-0.2, 0) is 10.2 Å². The van der Waals surface area contributed by atoms with Crippen LogP contribution in [0.3, 0.4) is 0 Å². The summed E-state index contributed by atoms with van der Waals surface area (Å²) in [6.07, 6.45) is 7.90. The van der Waals surface area contributed by atoms with Gasteiger partial charge in [-0.3, -0.25) is 9.20 Å². The van der Waals surface area contributed by atoms with Crippen LogP contribution in [0.1, 0.15) is 48.7 Å². The fourth-order valence-electron chi connectivity index (χ4n) is 4.86. The van der Waals surface area contributed by atoms with Crippen molar-refractivity contribution in [2.45, 2.75) is 49.7 Å². The predicted molar refractivity (Wildman–Crippen MR) is 113 cm³/mol. The lowest BCUT2D eigenvalue weighted by atomic mass is 9.62. The van der Waals surface area contributed by atoms with Crippen LogP contribution in [0.25, 0.3) is 5.78 Å². The Hall–Kier alpha value is -3.13. The highest BCUT2D eigenvalue weighted by atomic mass is 16.5. The highest BCUT2D eigenvalue weighted by molar-refractivity contribution is 6.06. The monoisotopic (exact) mass is 420 g/mol. The van der Waals surface area contributed by atoms with E-state index in [2.05, 4.69) is 17.2 Å². The van der Waals surface area contributed by atoms with Crippen LogP contribution >= 0.6 is 0 Å². The minimum absolute atomic E-state index is 0.0165. The van der Waals surface area contributed by atoms with E-state index in [1.165, 1.54) is 0 Å². The maximum atomic E-state index is 13.0. The first-order valence-electron chi connectivity index (χ1n) is 10.6. The molecule has 1 amide bonds. The minimum Gasteiger partial charge on any atom is -0.496 e. The van der Waals surface area contributed by atoms with Crippen LogP contribution in [0.4, 0.5) is 5.69 Å². The number of anilines is 1. The van der Waals surface area contributed by atoms with Gasteiger partial charge in [-0.15, -0.1) is 0 Å². The summed E-state index contributed by atoms with van der Waals surface area (Å²) in [4.78, 5) is 22.4. The van der Waals surface area contributed by atoms with Crippen LogP contribution in [0.15, 0.2) is 36.7 Å². The van der Waals surface area contributed by atoms with Gasteiger partial charge in [0, 0.05) is 17.8 Å². The maximum absolute atomic E-state index is 13.0. The summed E-state index contributed by atoms with van der Waals surface area (Å²) in [5, 5.41) is 2.95. The van der Waals surface area contributed by atoms with E-state index in [1.54, 1.807) is 25.3 Å². The zero-order chi connectivity index (χ0) is 21.2. The van der Waals surface area contributed by atoms with Crippen LogP contribution in [0.2, 0.25) is 0 Å². The lowest BCUT2D eigenvalue weighted by molar-refractivity contribution is 0.0154. The third-order valence-electron chi connectivity index (χ3n) is 6.48. The van der Waals surface area contributed by atoms with Crippen molar-refractivity contribution >= 4 is 17.4 Å². The molecule has 2 aliphatic carbocycles. The van der Waals surface area contributed by atoms with Crippen molar-refractivity contribution in [1.29, 1.82) is 0 Å². The van der Waals surface area contributed by atoms with Gasteiger partial charge in [0.1, 0.15) is 17.5 Å². The molecule has 4 aliphatic rings. The molecule has 0 atom stereocenters. The number of aromatic nitrogens is 3. The number of rotatable bonds is 6. The summed E-state index contributed by atoms with van der Waals surface area (Å²) >= 11 is 0. The molecule has 7 rings (SSSR count). The predicted octanol–water partition coefficient (Wildman–Crippen LogP) is 3.35. The average molecular weight is 420 g/mol. The number of hydrogen-bond acceptors (Lipinski definition) is 6. The molecule has 4 heterocycles. The second-order valence-corrected chi connectivity index (χ2v) is 9.14. The molecule has 8 nitrogen and oxygen atoms in total. The van der Waals surface area contributed by atoms with Gasteiger partial charge < -0.3 is 19.5 Å². The molecule has 2 saturated heterocycles. The summed E-state index contributed by atoms with van der Waals surface area (Å²) in [7, 11) is 1.55. The van der Waals surface area contributed by atoms with Gasteiger partial charge in [-0.1, -0.05) is 12.1 Å². The van der Waals surface area contributed by atoms with Gasteiger partial charge in [0.2, 0.25) is 11.7 Å². The largest absolute Gasteiger partial charge is 0.496 e. The molecule has 0 unspecified atom stereocenters. The summed E-state index contributed by atoms with van der Waals surface area (Å²) < 4.78 is 19.1. The molecule has 2 aliphatic heterocycles. The third-order valence-corrected chi connectivity index (χ3v) is 6.48. The highest BCUT2D eigenvalue weighted by Crippen LogP contribution is 2.58. The fraction of sp³-hybridized carbons (Fsp3) is 0.435. The number of carbonyl (C=O) groups excluding carboxylic acids is 1. The number of nitrogens with one attached hydrogen (secondary N) is 1. The number of carbonyl (C=O) groups is 1. The molecule has 3 aromatic rings. The Labute approximate surface area is 179 Å². The van der Waals surface area contributed by atoms with Gasteiger partial charge in [0.15, 0.2) is 0 Å². The normalized spacial score (nSPS) is 26.5. The molecular weight excluding hydrogens is 396 g/mol. The molecule has 160 valence electrons. The molecule has 2 saturated carbocycles. The Balaban J connectivity index is 1.36. The Bertz CT molecular complexity index is 1190. The van der Waals surface area contributed by atoms with Crippen molar-refractivity contribution in [3.63, 3.8) is 0 Å². The van der Waals surface area contributed by atoms with Crippen molar-refractivity contribution in [3.8, 4) is 11.6 Å². The van der Waals surface area contributed by atoms with Crippen LogP contribution in [0.5, 0.6) is 11.6 Å². The number of para-hydroxylation sites is 1. The summed E-state index contributed by atoms with van der Waals surface area (Å²) in [5.41, 5.74) is 1.90. The van der Waals surface area contributed by atoms with E-state index in [4.69, 9.17) is 19.2 Å². The van der Waals surface area contributed by atoms with Crippen molar-refractivity contribution < 1.29 is 19.0 Å². The second kappa shape index (κ2) is 6.43. The zero-order valence-electron chi connectivity index (χ0n) is 17.6. The SMILES string of the molecule is COc1ccccc1C(=O)Nc1cn2cc(C34COC(C)(C3)C4)nc2nc1OC1CC1. The second-order valence-electron chi connectivity index (χ2n) is 9.14. The lowest BCUT2D eigenvalue weighted by Gasteiger charge is -2.41. The third kappa shape index (κ3) is 3.05. The van der Waals surface area contributed by atoms with E-state index in [1.807, 2.05) is 22.9 Å². The molecule has 2 aromatic heterocycles. The van der Waals surface area contributed by atoms with Gasteiger partial charge in [0.05, 0.1) is 30.6 Å². The van der Waals surface area contributed by atoms with E-state index in [9.17, 15) is 4.79 Å². The fourth-order valence-corrected chi connectivity index (χ4v) is 4.86. The quantitative estimate of drug-likeness (QED) is 0.658. The van der Waals surface area contributed by atoms with E-state index in [0.717, 1.165) is 31.4 Å². The smallest absolute Gasteiger partial charge is 0.259 e. The number of methoxy groups -OCH3 is 1. The average Bonchev–Trinajstić information content (AvgIpc) is 3.21. The molecular formula is C23H24N4O4. The number of nitrogens with zero attached hydrogens (tertiary/aromatic N) is 3. The Morgan fingerprint density at radius 2 is 2.03 bits per heavy atom. The first-order valence-corrected chi connectivity index (χ1v) is 10.6. The highest BCUT2D eigenvalue weighted by Gasteiger charge is 2.61. The molecule has 0 spiro atoms. The summed E-state index contributed by atoms with van der Waals surface area (Å²) in [6.45, 7) is 2.84. The van der Waals surface area contributed by atoms with E-state index >= 15 is 0 Å². The van der Waals surface area contributed by atoms with Gasteiger partial charge in [-0.05, 0) is 44.7 Å². The number of ether oxygens (including phenoxy) is 3. The van der Waals surface area contributed by atoms with Gasteiger partial charge in [-0.25, -0.2) is 4.98 Å². The van der Waals surface area contributed by atoms with Crippen molar-refractivity contribution in [1.82, 2.24) is 14.4 Å². The molecule has 1 N–H and O–H groups in total. The van der Waals surface area contributed by atoms with Crippen molar-refractivity contribution in [2.75, 3.05) is 19.0 Å². The van der Waals surface area contributed by atoms with Gasteiger partial charge in [0.25, 0.3) is 5.91 Å².